The molecule has 1 aliphatic heterocycles. The fourth-order valence-electron chi connectivity index (χ4n) is 5.01. The van der Waals surface area contributed by atoms with Crippen molar-refractivity contribution in [1.82, 2.24) is 9.03 Å². The quantitative estimate of drug-likeness (QED) is 0.156. The molecule has 3 rings (SSSR count). The Morgan fingerprint density at radius 1 is 0.786 bits per heavy atom. The maximum Gasteiger partial charge on any atom is 0.425 e. The van der Waals surface area contributed by atoms with Gasteiger partial charge in [0.2, 0.25) is 0 Å². The lowest BCUT2D eigenvalue weighted by Gasteiger charge is -2.30. The van der Waals surface area contributed by atoms with Gasteiger partial charge in [-0.15, -0.1) is 0 Å². The fourth-order valence-corrected chi connectivity index (χ4v) is 6.23. The van der Waals surface area contributed by atoms with E-state index in [-0.39, 0.29) is 29.2 Å². The molecule has 2 N–H and O–H groups in total. The minimum absolute atomic E-state index is 0.0229. The van der Waals surface area contributed by atoms with E-state index >= 15 is 0 Å². The molecule has 0 aliphatic carbocycles. The number of aryl methyl sites for hydroxylation is 1. The summed E-state index contributed by atoms with van der Waals surface area (Å²) < 4.78 is 63.7. The van der Waals surface area contributed by atoms with Crippen molar-refractivity contribution >= 4 is 46.0 Å². The minimum Gasteiger partial charge on any atom is -0.490 e. The van der Waals surface area contributed by atoms with E-state index in [9.17, 15) is 32.4 Å². The lowest BCUT2D eigenvalue weighted by atomic mass is 10.0. The Morgan fingerprint density at radius 3 is 1.98 bits per heavy atom. The Kier molecular flexibility index (Phi) is 14.2. The molecule has 56 heavy (non-hydrogen) atoms. The first-order valence-electron chi connectivity index (χ1n) is 18.1. The topological polar surface area (TPSA) is 202 Å². The van der Waals surface area contributed by atoms with Crippen LogP contribution in [-0.2, 0) is 51.7 Å². The van der Waals surface area contributed by atoms with Crippen molar-refractivity contribution in [3.05, 3.63) is 53.1 Å². The molecular weight excluding hydrogens is 751 g/mol. The molecule has 2 aromatic carbocycles. The van der Waals surface area contributed by atoms with E-state index in [1.165, 1.54) is 24.3 Å². The second-order valence-electron chi connectivity index (χ2n) is 17.1. The van der Waals surface area contributed by atoms with Gasteiger partial charge in [0.1, 0.15) is 28.4 Å². The summed E-state index contributed by atoms with van der Waals surface area (Å²) in [5.41, 5.74) is -2.32. The molecule has 0 saturated carbocycles. The molecule has 0 aromatic heterocycles. The first-order chi connectivity index (χ1) is 25.5. The maximum atomic E-state index is 14.0. The summed E-state index contributed by atoms with van der Waals surface area (Å²) in [6.07, 6.45) is -1.86. The summed E-state index contributed by atoms with van der Waals surface area (Å²) in [6, 6.07) is 7.19. The van der Waals surface area contributed by atoms with E-state index in [1.54, 1.807) is 95.2 Å². The van der Waals surface area contributed by atoms with Crippen molar-refractivity contribution in [3.63, 3.8) is 0 Å². The number of nitrogens with one attached hydrogen (secondary N) is 2. The van der Waals surface area contributed by atoms with Gasteiger partial charge in [0.05, 0.1) is 25.1 Å². The lowest BCUT2D eigenvalue weighted by molar-refractivity contribution is -0.164. The van der Waals surface area contributed by atoms with E-state index in [1.807, 2.05) is 0 Å². The highest BCUT2D eigenvalue weighted by molar-refractivity contribution is 7.87. The average molecular weight is 806 g/mol. The highest BCUT2D eigenvalue weighted by atomic mass is 32.2. The van der Waals surface area contributed by atoms with Crippen molar-refractivity contribution in [3.8, 4) is 11.5 Å². The van der Waals surface area contributed by atoms with Gasteiger partial charge in [0.15, 0.2) is 11.5 Å². The molecule has 16 nitrogen and oxygen atoms in total. The number of amides is 2. The smallest absolute Gasteiger partial charge is 0.425 e. The van der Waals surface area contributed by atoms with Crippen LogP contribution in [0.4, 0.5) is 15.3 Å². The molecule has 0 saturated heterocycles. The second kappa shape index (κ2) is 17.5. The number of anilines is 1. The molecule has 0 bridgehead atoms. The number of carbonyl (C=O) groups excluding carboxylic acids is 5. The third kappa shape index (κ3) is 15.0. The number of rotatable bonds is 9. The largest absolute Gasteiger partial charge is 0.490 e. The standard InChI is InChI=1S/C39H55N3O13S/c1-36(2,3)52-31(43)22-28(33(45)53-37(4,5)6)41-56(48,49)42(35(47)55-39(10,11)12)23-24-15-18-29-30(20-24)50-19-13-14-25-21-26(16-17-27(25)32(44)51-29)40-34(46)54-38(7,8)9/h15-18,20-21,28,41H,13-14,19,22-23H2,1-12H3,(H,40,46)/t28-/m0/s1. The fraction of sp³-hybridized carbons (Fsp3) is 0.564. The first kappa shape index (κ1) is 45.5. The van der Waals surface area contributed by atoms with Gasteiger partial charge in [-0.05, 0) is 137 Å². The van der Waals surface area contributed by atoms with Crippen LogP contribution in [0.2, 0.25) is 0 Å². The number of hydrogen-bond donors (Lipinski definition) is 2. The monoisotopic (exact) mass is 805 g/mol. The summed E-state index contributed by atoms with van der Waals surface area (Å²) in [5.74, 6) is -2.55. The van der Waals surface area contributed by atoms with Gasteiger partial charge in [0.25, 0.3) is 0 Å². The van der Waals surface area contributed by atoms with Gasteiger partial charge < -0.3 is 28.4 Å². The van der Waals surface area contributed by atoms with E-state index in [0.717, 1.165) is 0 Å². The minimum atomic E-state index is -4.95. The van der Waals surface area contributed by atoms with E-state index in [4.69, 9.17) is 28.4 Å². The molecule has 17 heteroatoms. The summed E-state index contributed by atoms with van der Waals surface area (Å²) in [5, 5.41) is 2.66. The number of carbonyl (C=O) groups is 5. The van der Waals surface area contributed by atoms with Crippen LogP contribution in [0.3, 0.4) is 0 Å². The van der Waals surface area contributed by atoms with Gasteiger partial charge in [-0.2, -0.15) is 17.4 Å². The number of esters is 3. The van der Waals surface area contributed by atoms with Crippen LogP contribution in [0.25, 0.3) is 0 Å². The molecule has 0 radical (unpaired) electrons. The molecule has 2 amide bonds. The normalized spacial score (nSPS) is 14.4. The molecule has 1 atom stereocenters. The van der Waals surface area contributed by atoms with Crippen molar-refractivity contribution in [2.75, 3.05) is 11.9 Å². The molecule has 0 unspecified atom stereocenters. The van der Waals surface area contributed by atoms with Crippen LogP contribution in [0, 0.1) is 0 Å². The molecular formula is C39H55N3O13S. The summed E-state index contributed by atoms with van der Waals surface area (Å²) in [6.45, 7) is 18.9. The van der Waals surface area contributed by atoms with Crippen LogP contribution in [0.15, 0.2) is 36.4 Å². The van der Waals surface area contributed by atoms with Crippen molar-refractivity contribution < 1.29 is 60.8 Å². The van der Waals surface area contributed by atoms with Gasteiger partial charge in [-0.25, -0.2) is 14.4 Å². The second-order valence-corrected chi connectivity index (χ2v) is 18.7. The van der Waals surface area contributed by atoms with Crippen molar-refractivity contribution in [1.29, 1.82) is 0 Å². The number of nitrogens with zero attached hydrogens (tertiary/aromatic N) is 1. The van der Waals surface area contributed by atoms with Gasteiger partial charge in [0, 0.05) is 5.69 Å². The Labute approximate surface area is 329 Å². The first-order valence-corrected chi connectivity index (χ1v) is 19.5. The number of hydrogen-bond acceptors (Lipinski definition) is 13. The SMILES string of the molecule is CC(C)(C)OC(=O)C[C@H](NS(=O)(=O)N(Cc1ccc2c(c1)OCCCc1cc(NC(=O)OC(C)(C)C)ccc1C(=O)O2)C(=O)OC(C)(C)C)C(=O)OC(C)(C)C. The molecule has 2 aromatic rings. The van der Waals surface area contributed by atoms with E-state index < -0.39 is 81.7 Å². The van der Waals surface area contributed by atoms with Crippen LogP contribution in [0.5, 0.6) is 11.5 Å². The van der Waals surface area contributed by atoms with Gasteiger partial charge in [-0.1, -0.05) is 6.07 Å². The summed E-state index contributed by atoms with van der Waals surface area (Å²) in [7, 11) is -4.95. The van der Waals surface area contributed by atoms with Crippen LogP contribution in [-0.4, -0.2) is 77.9 Å². The zero-order valence-corrected chi connectivity index (χ0v) is 35.1. The summed E-state index contributed by atoms with van der Waals surface area (Å²) in [4.78, 5) is 65.3. The van der Waals surface area contributed by atoms with Crippen LogP contribution in [0.1, 0.15) is 117 Å². The van der Waals surface area contributed by atoms with Gasteiger partial charge in [-0.3, -0.25) is 14.9 Å². The summed E-state index contributed by atoms with van der Waals surface area (Å²) >= 11 is 0. The maximum absolute atomic E-state index is 14.0. The molecule has 1 aliphatic rings. The number of ether oxygens (including phenoxy) is 6. The third-order valence-electron chi connectivity index (χ3n) is 7.02. The number of fused-ring (bicyclic) bond motifs is 2. The van der Waals surface area contributed by atoms with Crippen molar-refractivity contribution in [2.24, 2.45) is 0 Å². The zero-order chi connectivity index (χ0) is 42.4. The Hall–Kier alpha value is -4.90. The highest BCUT2D eigenvalue weighted by Crippen LogP contribution is 2.32. The highest BCUT2D eigenvalue weighted by Gasteiger charge is 2.38. The molecule has 310 valence electrons. The molecule has 0 fully saturated rings. The molecule has 0 spiro atoms. The average Bonchev–Trinajstić information content (AvgIpc) is 2.98. The number of benzene rings is 2. The third-order valence-corrected chi connectivity index (χ3v) is 8.46. The van der Waals surface area contributed by atoms with Crippen molar-refractivity contribution in [2.45, 2.75) is 137 Å². The predicted molar refractivity (Wildman–Crippen MR) is 205 cm³/mol. The van der Waals surface area contributed by atoms with Crippen LogP contribution < -0.4 is 19.5 Å². The van der Waals surface area contributed by atoms with E-state index in [2.05, 4.69) is 10.0 Å². The lowest BCUT2D eigenvalue weighted by Crippen LogP contribution is -2.52. The Morgan fingerprint density at radius 2 is 1.39 bits per heavy atom. The Bertz CT molecular complexity index is 1900. The predicted octanol–water partition coefficient (Wildman–Crippen LogP) is 6.59. The van der Waals surface area contributed by atoms with E-state index in [0.29, 0.717) is 28.4 Å². The zero-order valence-electron chi connectivity index (χ0n) is 34.2. The van der Waals surface area contributed by atoms with Crippen LogP contribution >= 0.6 is 0 Å². The Balaban J connectivity index is 1.94. The molecule has 1 heterocycles. The van der Waals surface area contributed by atoms with Gasteiger partial charge >= 0.3 is 40.3 Å².